The molecule has 0 fully saturated rings. The Labute approximate surface area is 111 Å². The van der Waals surface area contributed by atoms with E-state index in [-0.39, 0.29) is 0 Å². The van der Waals surface area contributed by atoms with Crippen molar-refractivity contribution < 1.29 is 0 Å². The van der Waals surface area contributed by atoms with E-state index in [4.69, 9.17) is 5.73 Å². The van der Waals surface area contributed by atoms with E-state index in [0.29, 0.717) is 6.54 Å². The Morgan fingerprint density at radius 1 is 1.16 bits per heavy atom. The van der Waals surface area contributed by atoms with E-state index >= 15 is 0 Å². The van der Waals surface area contributed by atoms with Gasteiger partial charge in [-0.25, -0.2) is 15.0 Å². The molecule has 2 heterocycles. The second kappa shape index (κ2) is 4.35. The van der Waals surface area contributed by atoms with Gasteiger partial charge in [0.2, 0.25) is 0 Å². The van der Waals surface area contributed by atoms with Crippen LogP contribution in [0.3, 0.4) is 0 Å². The van der Waals surface area contributed by atoms with E-state index in [0.717, 1.165) is 34.1 Å². The Hall–Kier alpha value is -2.43. The van der Waals surface area contributed by atoms with Gasteiger partial charge in [0.05, 0.1) is 23.3 Å². The highest BCUT2D eigenvalue weighted by Crippen LogP contribution is 2.19. The minimum Gasteiger partial charge on any atom is -0.399 e. The van der Waals surface area contributed by atoms with Crippen LogP contribution in [0.4, 0.5) is 5.69 Å². The third kappa shape index (κ3) is 2.14. The fourth-order valence-electron chi connectivity index (χ4n) is 2.22. The molecule has 3 aromatic rings. The second-order valence-corrected chi connectivity index (χ2v) is 4.59. The van der Waals surface area contributed by atoms with E-state index in [1.54, 1.807) is 6.20 Å². The van der Waals surface area contributed by atoms with Gasteiger partial charge >= 0.3 is 0 Å². The van der Waals surface area contributed by atoms with Crippen molar-refractivity contribution in [1.82, 2.24) is 19.5 Å². The van der Waals surface area contributed by atoms with Crippen LogP contribution in [-0.4, -0.2) is 19.5 Å². The number of fused-ring (bicyclic) bond motifs is 1. The molecular weight excluding hydrogens is 238 g/mol. The first-order valence-electron chi connectivity index (χ1n) is 6.14. The average Bonchev–Trinajstić information content (AvgIpc) is 2.65. The summed E-state index contributed by atoms with van der Waals surface area (Å²) in [7, 11) is 0. The molecule has 3 rings (SSSR count). The maximum Gasteiger partial charge on any atom is 0.125 e. The molecule has 2 N–H and O–H groups in total. The molecule has 0 unspecified atom stereocenters. The molecule has 0 bridgehead atoms. The van der Waals surface area contributed by atoms with Crippen LogP contribution in [0.15, 0.2) is 30.5 Å². The molecule has 0 radical (unpaired) electrons. The van der Waals surface area contributed by atoms with Crippen LogP contribution >= 0.6 is 0 Å². The van der Waals surface area contributed by atoms with Crippen LogP contribution in [0.2, 0.25) is 0 Å². The van der Waals surface area contributed by atoms with Crippen molar-refractivity contribution in [2.45, 2.75) is 20.4 Å². The van der Waals surface area contributed by atoms with Crippen LogP contribution in [0.1, 0.15) is 17.3 Å². The summed E-state index contributed by atoms with van der Waals surface area (Å²) in [5, 5.41) is 0. The number of benzene rings is 1. The number of nitrogens with two attached hydrogens (primary N) is 1. The quantitative estimate of drug-likeness (QED) is 0.710. The predicted octanol–water partition coefficient (Wildman–Crippen LogP) is 2.07. The van der Waals surface area contributed by atoms with Gasteiger partial charge < -0.3 is 10.3 Å². The van der Waals surface area contributed by atoms with Gasteiger partial charge in [-0.3, -0.25) is 0 Å². The topological polar surface area (TPSA) is 69.6 Å². The van der Waals surface area contributed by atoms with Crippen molar-refractivity contribution in [3.8, 4) is 0 Å². The molecule has 0 aliphatic carbocycles. The van der Waals surface area contributed by atoms with E-state index in [1.165, 1.54) is 0 Å². The van der Waals surface area contributed by atoms with Crippen molar-refractivity contribution in [2.24, 2.45) is 0 Å². The van der Waals surface area contributed by atoms with Crippen molar-refractivity contribution >= 4 is 16.7 Å². The zero-order valence-corrected chi connectivity index (χ0v) is 11.0. The van der Waals surface area contributed by atoms with E-state index < -0.39 is 0 Å². The number of hydrogen-bond donors (Lipinski definition) is 1. The van der Waals surface area contributed by atoms with E-state index in [9.17, 15) is 0 Å². The van der Waals surface area contributed by atoms with E-state index in [1.807, 2.05) is 38.1 Å². The first-order valence-corrected chi connectivity index (χ1v) is 6.14. The number of anilines is 1. The SMILES string of the molecule is Cc1nccc(Cn2c(C)nc3cc(N)ccc32)n1. The molecule has 0 amide bonds. The fraction of sp³-hybridized carbons (Fsp3) is 0.214. The summed E-state index contributed by atoms with van der Waals surface area (Å²) in [6, 6.07) is 7.71. The average molecular weight is 253 g/mol. The van der Waals surface area contributed by atoms with Crippen LogP contribution in [0, 0.1) is 13.8 Å². The molecule has 1 aromatic carbocycles. The summed E-state index contributed by atoms with van der Waals surface area (Å²) < 4.78 is 2.14. The highest BCUT2D eigenvalue weighted by molar-refractivity contribution is 5.79. The predicted molar refractivity (Wildman–Crippen MR) is 74.8 cm³/mol. The molecule has 0 saturated heterocycles. The number of aryl methyl sites for hydroxylation is 2. The number of hydrogen-bond acceptors (Lipinski definition) is 4. The Morgan fingerprint density at radius 2 is 2.00 bits per heavy atom. The van der Waals surface area contributed by atoms with Crippen LogP contribution in [0.25, 0.3) is 11.0 Å². The van der Waals surface area contributed by atoms with Crippen molar-refractivity contribution in [3.05, 3.63) is 47.8 Å². The molecule has 5 nitrogen and oxygen atoms in total. The highest BCUT2D eigenvalue weighted by Gasteiger charge is 2.08. The molecular formula is C14H15N5. The maximum atomic E-state index is 5.79. The molecule has 0 spiro atoms. The molecule has 96 valence electrons. The molecule has 2 aromatic heterocycles. The Kier molecular flexibility index (Phi) is 2.67. The van der Waals surface area contributed by atoms with Crippen molar-refractivity contribution in [2.75, 3.05) is 5.73 Å². The number of aromatic nitrogens is 4. The summed E-state index contributed by atoms with van der Waals surface area (Å²) in [5.74, 6) is 1.74. The van der Waals surface area contributed by atoms with Gasteiger partial charge in [0.25, 0.3) is 0 Å². The van der Waals surface area contributed by atoms with Crippen LogP contribution in [0.5, 0.6) is 0 Å². The molecule has 5 heteroatoms. The van der Waals surface area contributed by atoms with Gasteiger partial charge in [0, 0.05) is 11.9 Å². The monoisotopic (exact) mass is 253 g/mol. The number of imidazole rings is 1. The van der Waals surface area contributed by atoms with Gasteiger partial charge in [0.15, 0.2) is 0 Å². The summed E-state index contributed by atoms with van der Waals surface area (Å²) >= 11 is 0. The third-order valence-electron chi connectivity index (χ3n) is 3.12. The second-order valence-electron chi connectivity index (χ2n) is 4.59. The summed E-state index contributed by atoms with van der Waals surface area (Å²) in [6.07, 6.45) is 1.78. The molecule has 0 saturated carbocycles. The normalized spacial score (nSPS) is 11.1. The summed E-state index contributed by atoms with van der Waals surface area (Å²) in [4.78, 5) is 13.1. The Bertz CT molecular complexity index is 745. The lowest BCUT2D eigenvalue weighted by atomic mass is 10.3. The van der Waals surface area contributed by atoms with Crippen LogP contribution < -0.4 is 5.73 Å². The van der Waals surface area contributed by atoms with E-state index in [2.05, 4.69) is 19.5 Å². The largest absolute Gasteiger partial charge is 0.399 e. The van der Waals surface area contributed by atoms with Gasteiger partial charge in [-0.15, -0.1) is 0 Å². The first-order chi connectivity index (χ1) is 9.13. The number of nitrogen functional groups attached to an aromatic ring is 1. The van der Waals surface area contributed by atoms with Crippen LogP contribution in [-0.2, 0) is 6.54 Å². The molecule has 0 atom stereocenters. The molecule has 0 aliphatic heterocycles. The number of nitrogens with zero attached hydrogens (tertiary/aromatic N) is 4. The number of rotatable bonds is 2. The van der Waals surface area contributed by atoms with Crippen molar-refractivity contribution in [3.63, 3.8) is 0 Å². The zero-order chi connectivity index (χ0) is 13.4. The lowest BCUT2D eigenvalue weighted by Crippen LogP contribution is -2.05. The van der Waals surface area contributed by atoms with Gasteiger partial charge in [0.1, 0.15) is 11.6 Å². The summed E-state index contributed by atoms with van der Waals surface area (Å²) in [6.45, 7) is 4.57. The smallest absolute Gasteiger partial charge is 0.125 e. The Morgan fingerprint density at radius 3 is 2.79 bits per heavy atom. The Balaban J connectivity index is 2.07. The minimum absolute atomic E-state index is 0.690. The third-order valence-corrected chi connectivity index (χ3v) is 3.12. The maximum absolute atomic E-state index is 5.79. The zero-order valence-electron chi connectivity index (χ0n) is 11.0. The lowest BCUT2D eigenvalue weighted by molar-refractivity contribution is 0.755. The standard InChI is InChI=1S/C14H15N5/c1-9-16-6-5-12(17-9)8-19-10(2)18-13-7-11(15)3-4-14(13)19/h3-7H,8,15H2,1-2H3. The van der Waals surface area contributed by atoms with Crippen molar-refractivity contribution in [1.29, 1.82) is 0 Å². The highest BCUT2D eigenvalue weighted by atomic mass is 15.1. The van der Waals surface area contributed by atoms with Gasteiger partial charge in [-0.2, -0.15) is 0 Å². The minimum atomic E-state index is 0.690. The van der Waals surface area contributed by atoms with Gasteiger partial charge in [-0.05, 0) is 38.1 Å². The summed E-state index contributed by atoms with van der Waals surface area (Å²) in [5.41, 5.74) is 9.49. The molecule has 19 heavy (non-hydrogen) atoms. The van der Waals surface area contributed by atoms with Gasteiger partial charge in [-0.1, -0.05) is 0 Å². The fourth-order valence-corrected chi connectivity index (χ4v) is 2.22. The lowest BCUT2D eigenvalue weighted by Gasteiger charge is -2.06. The molecule has 0 aliphatic rings. The first kappa shape index (κ1) is 11.6.